The largest absolute Gasteiger partial charge is 0.497 e. The van der Waals surface area contributed by atoms with E-state index in [4.69, 9.17) is 10.6 Å². The lowest BCUT2D eigenvalue weighted by Crippen LogP contribution is -2.29. The molecule has 0 radical (unpaired) electrons. The number of methoxy groups -OCH3 is 1. The van der Waals surface area contributed by atoms with Crippen LogP contribution >= 0.6 is 11.3 Å². The Kier molecular flexibility index (Phi) is 4.36. The van der Waals surface area contributed by atoms with Gasteiger partial charge in [0.1, 0.15) is 5.75 Å². The van der Waals surface area contributed by atoms with Crippen molar-refractivity contribution in [2.45, 2.75) is 19.4 Å². The predicted octanol–water partition coefficient (Wildman–Crippen LogP) is 2.81. The van der Waals surface area contributed by atoms with Gasteiger partial charge in [0, 0.05) is 4.88 Å². The van der Waals surface area contributed by atoms with Gasteiger partial charge in [-0.1, -0.05) is 12.1 Å². The third-order valence-corrected chi connectivity index (χ3v) is 3.83. The van der Waals surface area contributed by atoms with Crippen molar-refractivity contribution in [1.29, 1.82) is 0 Å². The fourth-order valence-electron chi connectivity index (χ4n) is 1.92. The minimum atomic E-state index is 0.156. The number of hydrogen-bond acceptors (Lipinski definition) is 4. The molecule has 0 saturated heterocycles. The van der Waals surface area contributed by atoms with Gasteiger partial charge in [0.2, 0.25) is 0 Å². The van der Waals surface area contributed by atoms with Crippen molar-refractivity contribution in [3.05, 3.63) is 51.7 Å². The van der Waals surface area contributed by atoms with E-state index in [9.17, 15) is 0 Å². The molecule has 0 spiro atoms. The standard InChI is InChI=1S/C14H18N2OS/c1-10-7-12(9-18-10)14(16-15)8-11-3-5-13(17-2)6-4-11/h3-7,9,14,16H,8,15H2,1-2H3. The summed E-state index contributed by atoms with van der Waals surface area (Å²) in [6.45, 7) is 2.11. The molecule has 1 unspecified atom stereocenters. The maximum absolute atomic E-state index is 5.65. The molecule has 96 valence electrons. The van der Waals surface area contributed by atoms with E-state index in [0.717, 1.165) is 12.2 Å². The summed E-state index contributed by atoms with van der Waals surface area (Å²) in [6.07, 6.45) is 0.872. The maximum Gasteiger partial charge on any atom is 0.118 e. The minimum absolute atomic E-state index is 0.156. The molecule has 0 aliphatic heterocycles. The zero-order valence-corrected chi connectivity index (χ0v) is 11.5. The second kappa shape index (κ2) is 6.00. The van der Waals surface area contributed by atoms with Gasteiger partial charge in [0.25, 0.3) is 0 Å². The van der Waals surface area contributed by atoms with Crippen LogP contribution in [0.25, 0.3) is 0 Å². The van der Waals surface area contributed by atoms with E-state index < -0.39 is 0 Å². The molecule has 0 aliphatic carbocycles. The van der Waals surface area contributed by atoms with Crippen molar-refractivity contribution in [3.63, 3.8) is 0 Å². The molecule has 2 rings (SSSR count). The van der Waals surface area contributed by atoms with Crippen LogP contribution in [0.4, 0.5) is 0 Å². The van der Waals surface area contributed by atoms with Crippen molar-refractivity contribution in [2.24, 2.45) is 5.84 Å². The number of hydrogen-bond donors (Lipinski definition) is 2. The molecular formula is C14H18N2OS. The molecule has 3 nitrogen and oxygen atoms in total. The van der Waals surface area contributed by atoms with Gasteiger partial charge < -0.3 is 4.74 Å². The van der Waals surface area contributed by atoms with E-state index in [1.165, 1.54) is 16.0 Å². The zero-order chi connectivity index (χ0) is 13.0. The first-order chi connectivity index (χ1) is 8.72. The highest BCUT2D eigenvalue weighted by molar-refractivity contribution is 7.10. The first kappa shape index (κ1) is 13.1. The molecule has 0 fully saturated rings. The second-order valence-electron chi connectivity index (χ2n) is 4.26. The van der Waals surface area contributed by atoms with Crippen molar-refractivity contribution >= 4 is 11.3 Å². The highest BCUT2D eigenvalue weighted by Gasteiger charge is 2.11. The molecule has 1 heterocycles. The molecule has 0 aliphatic rings. The van der Waals surface area contributed by atoms with Crippen LogP contribution < -0.4 is 16.0 Å². The average molecular weight is 262 g/mol. The van der Waals surface area contributed by atoms with E-state index in [1.54, 1.807) is 18.4 Å². The van der Waals surface area contributed by atoms with Crippen molar-refractivity contribution in [2.75, 3.05) is 7.11 Å². The second-order valence-corrected chi connectivity index (χ2v) is 5.38. The van der Waals surface area contributed by atoms with E-state index in [1.807, 2.05) is 12.1 Å². The van der Waals surface area contributed by atoms with Gasteiger partial charge in [-0.25, -0.2) is 0 Å². The summed E-state index contributed by atoms with van der Waals surface area (Å²) in [5.41, 5.74) is 5.37. The third-order valence-electron chi connectivity index (χ3n) is 2.95. The molecule has 0 bridgehead atoms. The summed E-state index contributed by atoms with van der Waals surface area (Å²) in [5.74, 6) is 6.53. The highest BCUT2D eigenvalue weighted by Crippen LogP contribution is 2.23. The Hall–Kier alpha value is -1.36. The number of aryl methyl sites for hydroxylation is 1. The summed E-state index contributed by atoms with van der Waals surface area (Å²) in [4.78, 5) is 1.31. The van der Waals surface area contributed by atoms with Gasteiger partial charge in [-0.3, -0.25) is 11.3 Å². The van der Waals surface area contributed by atoms with Crippen LogP contribution in [0.15, 0.2) is 35.7 Å². The van der Waals surface area contributed by atoms with E-state index in [0.29, 0.717) is 0 Å². The fourth-order valence-corrected chi connectivity index (χ4v) is 2.68. The number of benzene rings is 1. The van der Waals surface area contributed by atoms with Gasteiger partial charge in [-0.05, 0) is 48.1 Å². The number of nitrogens with one attached hydrogen (secondary N) is 1. The van der Waals surface area contributed by atoms with Crippen molar-refractivity contribution < 1.29 is 4.74 Å². The van der Waals surface area contributed by atoms with Crippen LogP contribution in [0.3, 0.4) is 0 Å². The monoisotopic (exact) mass is 262 g/mol. The van der Waals surface area contributed by atoms with Gasteiger partial charge in [0.15, 0.2) is 0 Å². The number of thiophene rings is 1. The maximum atomic E-state index is 5.65. The average Bonchev–Trinajstić information content (AvgIpc) is 2.83. The van der Waals surface area contributed by atoms with Crippen LogP contribution in [-0.4, -0.2) is 7.11 Å². The van der Waals surface area contributed by atoms with E-state index in [2.05, 4.69) is 35.9 Å². The number of rotatable bonds is 5. The van der Waals surface area contributed by atoms with Crippen LogP contribution in [0, 0.1) is 6.92 Å². The zero-order valence-electron chi connectivity index (χ0n) is 10.6. The van der Waals surface area contributed by atoms with E-state index >= 15 is 0 Å². The summed E-state index contributed by atoms with van der Waals surface area (Å²) in [5, 5.41) is 2.16. The SMILES string of the molecule is COc1ccc(CC(NN)c2csc(C)c2)cc1. The number of hydrazine groups is 1. The van der Waals surface area contributed by atoms with Crippen LogP contribution in [0.1, 0.15) is 22.0 Å². The highest BCUT2D eigenvalue weighted by atomic mass is 32.1. The van der Waals surface area contributed by atoms with Crippen LogP contribution in [0.5, 0.6) is 5.75 Å². The Balaban J connectivity index is 2.10. The first-order valence-corrected chi connectivity index (χ1v) is 6.75. The molecule has 1 atom stereocenters. The topological polar surface area (TPSA) is 47.3 Å². The Morgan fingerprint density at radius 1 is 1.33 bits per heavy atom. The lowest BCUT2D eigenvalue weighted by Gasteiger charge is -2.14. The van der Waals surface area contributed by atoms with E-state index in [-0.39, 0.29) is 6.04 Å². The summed E-state index contributed by atoms with van der Waals surface area (Å²) in [7, 11) is 1.67. The van der Waals surface area contributed by atoms with Gasteiger partial charge >= 0.3 is 0 Å². The molecule has 0 amide bonds. The Morgan fingerprint density at radius 3 is 2.56 bits per heavy atom. The summed E-state index contributed by atoms with van der Waals surface area (Å²) >= 11 is 1.75. The predicted molar refractivity (Wildman–Crippen MR) is 75.8 cm³/mol. The molecule has 3 N–H and O–H groups in total. The van der Waals surface area contributed by atoms with Gasteiger partial charge in [0.05, 0.1) is 13.2 Å². The minimum Gasteiger partial charge on any atom is -0.497 e. The van der Waals surface area contributed by atoms with Crippen LogP contribution in [0.2, 0.25) is 0 Å². The van der Waals surface area contributed by atoms with Gasteiger partial charge in [-0.15, -0.1) is 11.3 Å². The molecule has 0 saturated carbocycles. The normalized spacial score (nSPS) is 12.4. The summed E-state index contributed by atoms with van der Waals surface area (Å²) < 4.78 is 5.15. The molecular weight excluding hydrogens is 244 g/mol. The van der Waals surface area contributed by atoms with Gasteiger partial charge in [-0.2, -0.15) is 0 Å². The Labute approximate surface area is 112 Å². The third kappa shape index (κ3) is 3.10. The number of ether oxygens (including phenoxy) is 1. The molecule has 18 heavy (non-hydrogen) atoms. The fraction of sp³-hybridized carbons (Fsp3) is 0.286. The van der Waals surface area contributed by atoms with Crippen molar-refractivity contribution in [3.8, 4) is 5.75 Å². The number of nitrogens with two attached hydrogens (primary N) is 1. The molecule has 2 aromatic rings. The lowest BCUT2D eigenvalue weighted by molar-refractivity contribution is 0.414. The molecule has 4 heteroatoms. The molecule has 1 aromatic heterocycles. The van der Waals surface area contributed by atoms with Crippen molar-refractivity contribution in [1.82, 2.24) is 5.43 Å². The lowest BCUT2D eigenvalue weighted by atomic mass is 10.0. The Bertz CT molecular complexity index is 493. The smallest absolute Gasteiger partial charge is 0.118 e. The summed E-state index contributed by atoms with van der Waals surface area (Å²) in [6, 6.07) is 10.4. The van der Waals surface area contributed by atoms with Crippen LogP contribution in [-0.2, 0) is 6.42 Å². The molecule has 1 aromatic carbocycles. The Morgan fingerprint density at radius 2 is 2.06 bits per heavy atom. The quantitative estimate of drug-likeness (QED) is 0.643. The first-order valence-electron chi connectivity index (χ1n) is 5.87.